The lowest BCUT2D eigenvalue weighted by Gasteiger charge is -2.26. The normalized spacial score (nSPS) is 16.7. The summed E-state index contributed by atoms with van der Waals surface area (Å²) in [7, 11) is -3.26. The highest BCUT2D eigenvalue weighted by Crippen LogP contribution is 2.35. The number of benzene rings is 1. The number of carboxylic acid groups (broad SMARTS) is 1. The number of carbonyl (C=O) groups is 2. The first kappa shape index (κ1) is 29.1. The molecule has 1 atom stereocenters. The summed E-state index contributed by atoms with van der Waals surface area (Å²) in [6.07, 6.45) is 4.47. The first-order valence-corrected chi connectivity index (χ1v) is 14.7. The second-order valence-corrected chi connectivity index (χ2v) is 12.4. The van der Waals surface area contributed by atoms with Crippen molar-refractivity contribution in [1.29, 1.82) is 0 Å². The van der Waals surface area contributed by atoms with Crippen molar-refractivity contribution in [3.05, 3.63) is 54.0 Å². The van der Waals surface area contributed by atoms with E-state index in [0.717, 1.165) is 5.56 Å². The van der Waals surface area contributed by atoms with E-state index in [1.54, 1.807) is 35.0 Å². The molecule has 0 bridgehead atoms. The van der Waals surface area contributed by atoms with Crippen LogP contribution in [0.2, 0.25) is 0 Å². The van der Waals surface area contributed by atoms with E-state index < -0.39 is 27.7 Å². The van der Waals surface area contributed by atoms with Crippen LogP contribution in [-0.4, -0.2) is 61.3 Å². The predicted molar refractivity (Wildman–Crippen MR) is 149 cm³/mol. The van der Waals surface area contributed by atoms with E-state index in [1.165, 1.54) is 24.5 Å². The van der Waals surface area contributed by atoms with Crippen molar-refractivity contribution in [1.82, 2.24) is 14.8 Å². The molecule has 40 heavy (non-hydrogen) atoms. The Kier molecular flexibility index (Phi) is 8.24. The fourth-order valence-corrected chi connectivity index (χ4v) is 5.71. The van der Waals surface area contributed by atoms with Crippen molar-refractivity contribution in [2.75, 3.05) is 29.6 Å². The SMILES string of the molecule is Cc1c(-c2cnn(C(C)C)c2)cnc(N2CCCC(F)(F)CC2)c1C(=O)Nc1cccc(S(C)(=O)=NC(=O)O)c1. The van der Waals surface area contributed by atoms with Gasteiger partial charge in [-0.2, -0.15) is 5.10 Å². The fourth-order valence-electron chi connectivity index (χ4n) is 4.63. The minimum absolute atomic E-state index is 0.0361. The molecule has 0 saturated carbocycles. The van der Waals surface area contributed by atoms with E-state index in [2.05, 4.69) is 19.8 Å². The molecule has 2 aromatic heterocycles. The van der Waals surface area contributed by atoms with Gasteiger partial charge in [-0.3, -0.25) is 9.48 Å². The zero-order chi connectivity index (χ0) is 29.2. The molecule has 1 aliphatic rings. The van der Waals surface area contributed by atoms with Gasteiger partial charge in [0, 0.05) is 72.3 Å². The van der Waals surface area contributed by atoms with Crippen LogP contribution in [0.4, 0.5) is 25.1 Å². The van der Waals surface area contributed by atoms with E-state index in [9.17, 15) is 22.6 Å². The molecule has 2 N–H and O–H groups in total. The predicted octanol–water partition coefficient (Wildman–Crippen LogP) is 5.85. The van der Waals surface area contributed by atoms with E-state index in [-0.39, 0.29) is 48.0 Å². The lowest BCUT2D eigenvalue weighted by atomic mass is 9.99. The maximum atomic E-state index is 14.1. The minimum atomic E-state index is -3.26. The fraction of sp³-hybridized carbons (Fsp3) is 0.407. The second-order valence-electron chi connectivity index (χ2n) is 10.2. The van der Waals surface area contributed by atoms with Gasteiger partial charge in [-0.1, -0.05) is 6.07 Å². The van der Waals surface area contributed by atoms with Crippen molar-refractivity contribution in [3.8, 4) is 11.1 Å². The van der Waals surface area contributed by atoms with Crippen LogP contribution in [0.3, 0.4) is 0 Å². The van der Waals surface area contributed by atoms with Crippen LogP contribution in [0.15, 0.2) is 52.1 Å². The van der Waals surface area contributed by atoms with Gasteiger partial charge in [-0.15, -0.1) is 4.36 Å². The zero-order valence-electron chi connectivity index (χ0n) is 22.7. The number of amides is 2. The average Bonchev–Trinajstić information content (AvgIpc) is 3.28. The molecule has 0 aliphatic carbocycles. The van der Waals surface area contributed by atoms with Crippen LogP contribution in [0.1, 0.15) is 55.1 Å². The first-order valence-electron chi connectivity index (χ1n) is 12.8. The molecule has 1 unspecified atom stereocenters. The number of carbonyl (C=O) groups excluding carboxylic acids is 1. The summed E-state index contributed by atoms with van der Waals surface area (Å²) >= 11 is 0. The van der Waals surface area contributed by atoms with E-state index >= 15 is 0 Å². The van der Waals surface area contributed by atoms with E-state index in [1.807, 2.05) is 20.0 Å². The van der Waals surface area contributed by atoms with Crippen molar-refractivity contribution >= 4 is 33.2 Å². The number of nitrogens with one attached hydrogen (secondary N) is 1. The summed E-state index contributed by atoms with van der Waals surface area (Å²) in [6.45, 7) is 6.11. The van der Waals surface area contributed by atoms with Crippen molar-refractivity contribution in [3.63, 3.8) is 0 Å². The number of anilines is 2. The smallest absolute Gasteiger partial charge is 0.439 e. The largest absolute Gasteiger partial charge is 0.463 e. The number of rotatable bonds is 6. The summed E-state index contributed by atoms with van der Waals surface area (Å²) in [4.78, 5) is 31.3. The van der Waals surface area contributed by atoms with Gasteiger partial charge >= 0.3 is 6.09 Å². The molecule has 4 rings (SSSR count). The third kappa shape index (κ3) is 6.46. The molecule has 1 aliphatic heterocycles. The number of pyridine rings is 1. The Morgan fingerprint density at radius 3 is 2.62 bits per heavy atom. The summed E-state index contributed by atoms with van der Waals surface area (Å²) in [6, 6.07) is 6.09. The summed E-state index contributed by atoms with van der Waals surface area (Å²) in [5, 5.41) is 16.2. The average molecular weight is 575 g/mol. The molecule has 13 heteroatoms. The number of halogens is 2. The highest BCUT2D eigenvalue weighted by Gasteiger charge is 2.33. The van der Waals surface area contributed by atoms with Gasteiger partial charge in [0.1, 0.15) is 5.82 Å². The maximum absolute atomic E-state index is 14.1. The lowest BCUT2D eigenvalue weighted by molar-refractivity contribution is -0.0102. The molecule has 0 spiro atoms. The molecule has 3 heterocycles. The molecule has 0 radical (unpaired) electrons. The van der Waals surface area contributed by atoms with Crippen molar-refractivity contribution < 1.29 is 27.7 Å². The van der Waals surface area contributed by atoms with Gasteiger partial charge in [0.05, 0.1) is 21.5 Å². The van der Waals surface area contributed by atoms with Crippen LogP contribution < -0.4 is 10.2 Å². The number of hydrogen-bond acceptors (Lipinski definition) is 6. The third-order valence-electron chi connectivity index (χ3n) is 6.79. The molecular weight excluding hydrogens is 542 g/mol. The Morgan fingerprint density at radius 1 is 1.20 bits per heavy atom. The molecule has 2 amide bonds. The molecular formula is C27H32F2N6O4S. The Bertz CT molecular complexity index is 1560. The highest BCUT2D eigenvalue weighted by atomic mass is 32.2. The van der Waals surface area contributed by atoms with Gasteiger partial charge in [0.2, 0.25) is 5.92 Å². The summed E-state index contributed by atoms with van der Waals surface area (Å²) < 4.78 is 46.2. The summed E-state index contributed by atoms with van der Waals surface area (Å²) in [5.74, 6) is -3.03. The van der Waals surface area contributed by atoms with Gasteiger partial charge in [0.15, 0.2) is 0 Å². The monoisotopic (exact) mass is 574 g/mol. The first-order chi connectivity index (χ1) is 18.8. The molecule has 214 valence electrons. The van der Waals surface area contributed by atoms with Crippen LogP contribution >= 0.6 is 0 Å². The van der Waals surface area contributed by atoms with Crippen LogP contribution in [0.25, 0.3) is 11.1 Å². The lowest BCUT2D eigenvalue weighted by Crippen LogP contribution is -2.30. The number of alkyl halides is 2. The molecule has 1 saturated heterocycles. The molecule has 3 aromatic rings. The number of nitrogens with zero attached hydrogens (tertiary/aromatic N) is 5. The molecule has 10 nitrogen and oxygen atoms in total. The molecule has 1 fully saturated rings. The van der Waals surface area contributed by atoms with E-state index in [0.29, 0.717) is 23.5 Å². The number of hydrogen-bond donors (Lipinski definition) is 2. The van der Waals surface area contributed by atoms with Gasteiger partial charge in [-0.25, -0.2) is 22.8 Å². The third-order valence-corrected chi connectivity index (χ3v) is 8.42. The van der Waals surface area contributed by atoms with Gasteiger partial charge in [0.25, 0.3) is 5.91 Å². The zero-order valence-corrected chi connectivity index (χ0v) is 23.5. The Hall–Kier alpha value is -3.87. The topological polar surface area (TPSA) is 130 Å². The summed E-state index contributed by atoms with van der Waals surface area (Å²) in [5.41, 5.74) is 2.51. The quantitative estimate of drug-likeness (QED) is 0.378. The van der Waals surface area contributed by atoms with Crippen molar-refractivity contribution in [2.24, 2.45) is 4.36 Å². The minimum Gasteiger partial charge on any atom is -0.463 e. The van der Waals surface area contributed by atoms with Crippen LogP contribution in [-0.2, 0) is 9.73 Å². The van der Waals surface area contributed by atoms with Crippen molar-refractivity contribution in [2.45, 2.75) is 56.9 Å². The highest BCUT2D eigenvalue weighted by molar-refractivity contribution is 7.93. The van der Waals surface area contributed by atoms with Crippen LogP contribution in [0, 0.1) is 6.92 Å². The van der Waals surface area contributed by atoms with E-state index in [4.69, 9.17) is 5.11 Å². The Labute approximate surface area is 231 Å². The second kappa shape index (κ2) is 11.3. The van der Waals surface area contributed by atoms with Crippen LogP contribution in [0.5, 0.6) is 0 Å². The number of aromatic nitrogens is 3. The standard InChI is InChI=1S/C27H32F2N6O4S/c1-17(2)35-16-19(14-31-35)22-15-30-24(34-11-6-9-27(28,29)10-12-34)23(18(22)3)25(36)32-20-7-5-8-21(13-20)40(4,39)33-26(37)38/h5,7-8,13-17H,6,9-12H2,1-4H3,(H,32,36)(H,37,38). The Balaban J connectivity index is 1.77. The maximum Gasteiger partial charge on any atom is 0.439 e. The molecule has 1 aromatic carbocycles. The van der Waals surface area contributed by atoms with Gasteiger partial charge in [-0.05, 0) is 51.0 Å². The Morgan fingerprint density at radius 2 is 1.95 bits per heavy atom. The van der Waals surface area contributed by atoms with Gasteiger partial charge < -0.3 is 15.3 Å².